The molecule has 0 saturated heterocycles. The number of carbonyl (C=O) groups is 4. The quantitative estimate of drug-likeness (QED) is 0.106. The summed E-state index contributed by atoms with van der Waals surface area (Å²) in [5.41, 5.74) is 10.5. The van der Waals surface area contributed by atoms with Gasteiger partial charge in [0.15, 0.2) is 5.96 Å². The first-order valence-corrected chi connectivity index (χ1v) is 10.6. The Morgan fingerprint density at radius 2 is 1.42 bits per heavy atom. The van der Waals surface area contributed by atoms with Crippen molar-refractivity contribution in [3.8, 4) is 0 Å². The summed E-state index contributed by atoms with van der Waals surface area (Å²) in [6, 6.07) is -2.49. The minimum absolute atomic E-state index is 0.1000. The molecule has 0 unspecified atom stereocenters. The van der Waals surface area contributed by atoms with Crippen molar-refractivity contribution in [1.82, 2.24) is 10.6 Å². The monoisotopic (exact) mass is 443 g/mol. The van der Waals surface area contributed by atoms with Gasteiger partial charge in [-0.1, -0.05) is 46.0 Å². The lowest BCUT2D eigenvalue weighted by atomic mass is 10.0. The standard InChI is InChI=1S/C20H37N5O6/c1-13(2)17(19(30)31)25-18(29)14(12-16(27)28)24-15(26)10-8-6-4-3-5-7-9-11-23-20(21)22/h13-14,17H,3-12H2,1-2H3,(H,24,26)(H,25,29)(H,27,28)(H,30,31)(H4,21,22,23)/t14-,17-/m0/s1. The molecule has 0 aliphatic heterocycles. The van der Waals surface area contributed by atoms with Gasteiger partial charge in [-0.2, -0.15) is 0 Å². The molecular weight excluding hydrogens is 406 g/mol. The predicted octanol–water partition coefficient (Wildman–Crippen LogP) is 0.566. The first kappa shape index (κ1) is 28.1. The lowest BCUT2D eigenvalue weighted by molar-refractivity contribution is -0.144. The molecule has 0 spiro atoms. The number of hydrogen-bond donors (Lipinski definition) is 6. The molecule has 178 valence electrons. The molecule has 0 aliphatic rings. The second-order valence-corrected chi connectivity index (χ2v) is 7.82. The minimum Gasteiger partial charge on any atom is -0.481 e. The zero-order chi connectivity index (χ0) is 23.8. The fourth-order valence-corrected chi connectivity index (χ4v) is 2.91. The van der Waals surface area contributed by atoms with E-state index in [0.29, 0.717) is 13.0 Å². The van der Waals surface area contributed by atoms with Gasteiger partial charge in [-0.15, -0.1) is 0 Å². The van der Waals surface area contributed by atoms with Crippen LogP contribution in [0.1, 0.15) is 71.6 Å². The van der Waals surface area contributed by atoms with E-state index < -0.39 is 48.2 Å². The number of amides is 2. The summed E-state index contributed by atoms with van der Waals surface area (Å²) >= 11 is 0. The Hall–Kier alpha value is -2.85. The first-order chi connectivity index (χ1) is 14.5. The van der Waals surface area contributed by atoms with Crippen molar-refractivity contribution in [2.75, 3.05) is 6.54 Å². The zero-order valence-electron chi connectivity index (χ0n) is 18.4. The van der Waals surface area contributed by atoms with Crippen LogP contribution < -0.4 is 22.1 Å². The summed E-state index contributed by atoms with van der Waals surface area (Å²) in [4.78, 5) is 50.6. The average molecular weight is 444 g/mol. The van der Waals surface area contributed by atoms with Crippen molar-refractivity contribution in [3.63, 3.8) is 0 Å². The highest BCUT2D eigenvalue weighted by atomic mass is 16.4. The maximum Gasteiger partial charge on any atom is 0.326 e. The zero-order valence-corrected chi connectivity index (χ0v) is 18.4. The van der Waals surface area contributed by atoms with Crippen LogP contribution in [0.4, 0.5) is 0 Å². The summed E-state index contributed by atoms with van der Waals surface area (Å²) < 4.78 is 0. The third kappa shape index (κ3) is 14.7. The van der Waals surface area contributed by atoms with E-state index in [1.807, 2.05) is 0 Å². The van der Waals surface area contributed by atoms with Crippen LogP contribution in [0.5, 0.6) is 0 Å². The van der Waals surface area contributed by atoms with E-state index in [2.05, 4.69) is 15.6 Å². The van der Waals surface area contributed by atoms with Crippen molar-refractivity contribution in [1.29, 1.82) is 0 Å². The second-order valence-electron chi connectivity index (χ2n) is 7.82. The van der Waals surface area contributed by atoms with Crippen molar-refractivity contribution in [2.24, 2.45) is 22.4 Å². The highest BCUT2D eigenvalue weighted by molar-refractivity contribution is 5.92. The number of rotatable bonds is 17. The number of hydrogen-bond acceptors (Lipinski definition) is 5. The van der Waals surface area contributed by atoms with Crippen LogP contribution in [0.3, 0.4) is 0 Å². The lowest BCUT2D eigenvalue weighted by Crippen LogP contribution is -2.53. The van der Waals surface area contributed by atoms with E-state index in [9.17, 15) is 24.3 Å². The maximum absolute atomic E-state index is 12.3. The van der Waals surface area contributed by atoms with Gasteiger partial charge in [0.2, 0.25) is 11.8 Å². The second kappa shape index (κ2) is 15.9. The molecule has 0 rings (SSSR count). The molecule has 0 saturated carbocycles. The molecular formula is C20H37N5O6. The highest BCUT2D eigenvalue weighted by Crippen LogP contribution is 2.09. The summed E-state index contributed by atoms with van der Waals surface area (Å²) in [5.74, 6) is -4.04. The molecule has 0 fully saturated rings. The van der Waals surface area contributed by atoms with Gasteiger partial charge < -0.3 is 32.3 Å². The van der Waals surface area contributed by atoms with E-state index in [4.69, 9.17) is 16.6 Å². The number of nitrogens with zero attached hydrogens (tertiary/aromatic N) is 1. The number of carbonyl (C=O) groups excluding carboxylic acids is 2. The Kier molecular flexibility index (Phi) is 14.5. The Labute approximate surface area is 183 Å². The van der Waals surface area contributed by atoms with Crippen LogP contribution in [-0.4, -0.2) is 58.6 Å². The normalized spacial score (nSPS) is 12.6. The number of nitrogens with two attached hydrogens (primary N) is 2. The van der Waals surface area contributed by atoms with Gasteiger partial charge in [-0.05, 0) is 18.8 Å². The number of aliphatic carboxylic acids is 2. The Morgan fingerprint density at radius 1 is 0.871 bits per heavy atom. The summed E-state index contributed by atoms with van der Waals surface area (Å²) in [6.45, 7) is 3.86. The Morgan fingerprint density at radius 3 is 1.90 bits per heavy atom. The molecule has 0 heterocycles. The molecule has 2 amide bonds. The maximum atomic E-state index is 12.3. The van der Waals surface area contributed by atoms with Crippen molar-refractivity contribution < 1.29 is 29.4 Å². The highest BCUT2D eigenvalue weighted by Gasteiger charge is 2.29. The fourth-order valence-electron chi connectivity index (χ4n) is 2.91. The minimum atomic E-state index is -1.32. The summed E-state index contributed by atoms with van der Waals surface area (Å²) in [5, 5.41) is 22.9. The number of carboxylic acids is 2. The van der Waals surface area contributed by atoms with Crippen LogP contribution in [0.25, 0.3) is 0 Å². The molecule has 0 aliphatic carbocycles. The van der Waals surface area contributed by atoms with Crippen LogP contribution in [-0.2, 0) is 19.2 Å². The molecule has 0 bridgehead atoms. The number of carboxylic acid groups (broad SMARTS) is 2. The van der Waals surface area contributed by atoms with Gasteiger partial charge in [-0.3, -0.25) is 19.4 Å². The van der Waals surface area contributed by atoms with E-state index in [0.717, 1.165) is 38.5 Å². The molecule has 0 aromatic carbocycles. The Balaban J connectivity index is 4.27. The third-order valence-corrected chi connectivity index (χ3v) is 4.62. The fraction of sp³-hybridized carbons (Fsp3) is 0.750. The van der Waals surface area contributed by atoms with E-state index in [1.165, 1.54) is 0 Å². The third-order valence-electron chi connectivity index (χ3n) is 4.62. The number of guanidine groups is 1. The van der Waals surface area contributed by atoms with E-state index in [1.54, 1.807) is 13.8 Å². The van der Waals surface area contributed by atoms with Gasteiger partial charge in [0.25, 0.3) is 0 Å². The molecule has 11 heteroatoms. The van der Waals surface area contributed by atoms with Gasteiger partial charge in [-0.25, -0.2) is 4.79 Å². The van der Waals surface area contributed by atoms with E-state index in [-0.39, 0.29) is 12.4 Å². The van der Waals surface area contributed by atoms with Gasteiger partial charge in [0.05, 0.1) is 6.42 Å². The molecule has 2 atom stereocenters. The summed E-state index contributed by atoms with van der Waals surface area (Å²) in [7, 11) is 0. The molecule has 11 nitrogen and oxygen atoms in total. The average Bonchev–Trinajstić information content (AvgIpc) is 2.65. The van der Waals surface area contributed by atoms with Crippen LogP contribution in [0, 0.1) is 5.92 Å². The van der Waals surface area contributed by atoms with Crippen molar-refractivity contribution in [2.45, 2.75) is 83.7 Å². The summed E-state index contributed by atoms with van der Waals surface area (Å²) in [6.07, 6.45) is 5.98. The van der Waals surface area contributed by atoms with Crippen molar-refractivity contribution in [3.05, 3.63) is 0 Å². The van der Waals surface area contributed by atoms with Crippen molar-refractivity contribution >= 4 is 29.7 Å². The van der Waals surface area contributed by atoms with Crippen LogP contribution >= 0.6 is 0 Å². The van der Waals surface area contributed by atoms with Crippen LogP contribution in [0.2, 0.25) is 0 Å². The number of unbranched alkanes of at least 4 members (excludes halogenated alkanes) is 6. The lowest BCUT2D eigenvalue weighted by Gasteiger charge is -2.22. The molecule has 0 aromatic rings. The van der Waals surface area contributed by atoms with Gasteiger partial charge in [0.1, 0.15) is 12.1 Å². The van der Waals surface area contributed by atoms with Crippen LogP contribution in [0.15, 0.2) is 4.99 Å². The number of nitrogens with one attached hydrogen (secondary N) is 2. The Bertz CT molecular complexity index is 619. The largest absolute Gasteiger partial charge is 0.481 e. The predicted molar refractivity (Wildman–Crippen MR) is 116 cm³/mol. The molecule has 31 heavy (non-hydrogen) atoms. The van der Waals surface area contributed by atoms with Gasteiger partial charge >= 0.3 is 11.9 Å². The van der Waals surface area contributed by atoms with E-state index >= 15 is 0 Å². The molecule has 8 N–H and O–H groups in total. The SMILES string of the molecule is CC(C)[C@H](NC(=O)[C@H](CC(=O)O)NC(=O)CCCCCCCCCN=C(N)N)C(=O)O. The smallest absolute Gasteiger partial charge is 0.326 e. The first-order valence-electron chi connectivity index (χ1n) is 10.6. The number of aliphatic imine (C=N–C) groups is 1. The topological polar surface area (TPSA) is 197 Å². The molecule has 0 radical (unpaired) electrons. The van der Waals surface area contributed by atoms with Gasteiger partial charge in [0, 0.05) is 13.0 Å². The molecule has 0 aromatic heterocycles.